The van der Waals surface area contributed by atoms with Crippen LogP contribution >= 0.6 is 15.9 Å². The molecule has 0 saturated heterocycles. The Kier molecular flexibility index (Phi) is 3.58. The Morgan fingerprint density at radius 2 is 2.00 bits per heavy atom. The van der Waals surface area contributed by atoms with E-state index in [0.717, 1.165) is 35.2 Å². The Balaban J connectivity index is 1.88. The standard InChI is InChI=1S/C16H16BrNO/c17-14-8-12-6-7-19-16(12)13(9-14)10-15(18)11-4-2-1-3-5-11/h1-5,8-9,15H,6-7,10,18H2. The van der Waals surface area contributed by atoms with Gasteiger partial charge in [0.15, 0.2) is 0 Å². The van der Waals surface area contributed by atoms with Crippen LogP contribution in [-0.4, -0.2) is 6.61 Å². The summed E-state index contributed by atoms with van der Waals surface area (Å²) in [7, 11) is 0. The van der Waals surface area contributed by atoms with Crippen LogP contribution in [0.1, 0.15) is 22.7 Å². The fourth-order valence-corrected chi connectivity index (χ4v) is 3.11. The molecule has 1 aliphatic rings. The minimum Gasteiger partial charge on any atom is -0.493 e. The van der Waals surface area contributed by atoms with Gasteiger partial charge in [-0.15, -0.1) is 0 Å². The molecule has 3 heteroatoms. The third-order valence-electron chi connectivity index (χ3n) is 3.49. The number of hydrogen-bond donors (Lipinski definition) is 1. The summed E-state index contributed by atoms with van der Waals surface area (Å²) < 4.78 is 6.85. The molecule has 2 N–H and O–H groups in total. The maximum atomic E-state index is 6.30. The molecule has 2 aromatic rings. The van der Waals surface area contributed by atoms with Gasteiger partial charge in [0.05, 0.1) is 6.61 Å². The summed E-state index contributed by atoms with van der Waals surface area (Å²) in [6.07, 6.45) is 1.79. The average molecular weight is 318 g/mol. The van der Waals surface area contributed by atoms with Gasteiger partial charge in [0.2, 0.25) is 0 Å². The summed E-state index contributed by atoms with van der Waals surface area (Å²) in [6, 6.07) is 14.5. The number of benzene rings is 2. The van der Waals surface area contributed by atoms with Crippen molar-refractivity contribution in [3.8, 4) is 5.75 Å². The van der Waals surface area contributed by atoms with Gasteiger partial charge in [0, 0.05) is 16.9 Å². The Bertz CT molecular complexity index is 583. The Morgan fingerprint density at radius 3 is 2.79 bits per heavy atom. The van der Waals surface area contributed by atoms with Gasteiger partial charge in [0.1, 0.15) is 5.75 Å². The van der Waals surface area contributed by atoms with Crippen LogP contribution in [0.5, 0.6) is 5.75 Å². The number of fused-ring (bicyclic) bond motifs is 1. The lowest BCUT2D eigenvalue weighted by Gasteiger charge is -2.15. The molecule has 98 valence electrons. The normalized spacial score (nSPS) is 14.8. The van der Waals surface area contributed by atoms with Crippen LogP contribution in [0.25, 0.3) is 0 Å². The first-order valence-electron chi connectivity index (χ1n) is 6.48. The number of hydrogen-bond acceptors (Lipinski definition) is 2. The van der Waals surface area contributed by atoms with E-state index < -0.39 is 0 Å². The van der Waals surface area contributed by atoms with Gasteiger partial charge < -0.3 is 10.5 Å². The summed E-state index contributed by atoms with van der Waals surface area (Å²) in [5, 5.41) is 0. The molecule has 3 rings (SSSR count). The highest BCUT2D eigenvalue weighted by Gasteiger charge is 2.19. The van der Waals surface area contributed by atoms with E-state index in [1.165, 1.54) is 11.1 Å². The first-order chi connectivity index (χ1) is 9.24. The van der Waals surface area contributed by atoms with Crippen LogP contribution in [0, 0.1) is 0 Å². The molecular weight excluding hydrogens is 302 g/mol. The van der Waals surface area contributed by atoms with E-state index in [1.807, 2.05) is 18.2 Å². The molecule has 1 heterocycles. The molecule has 2 nitrogen and oxygen atoms in total. The summed E-state index contributed by atoms with van der Waals surface area (Å²) in [5.74, 6) is 1.04. The monoisotopic (exact) mass is 317 g/mol. The smallest absolute Gasteiger partial charge is 0.125 e. The van der Waals surface area contributed by atoms with E-state index in [-0.39, 0.29) is 6.04 Å². The lowest BCUT2D eigenvalue weighted by atomic mass is 9.97. The fraction of sp³-hybridized carbons (Fsp3) is 0.250. The highest BCUT2D eigenvalue weighted by Crippen LogP contribution is 2.34. The van der Waals surface area contributed by atoms with Crippen LogP contribution in [0.2, 0.25) is 0 Å². The van der Waals surface area contributed by atoms with E-state index >= 15 is 0 Å². The Hall–Kier alpha value is -1.32. The van der Waals surface area contributed by atoms with Crippen LogP contribution in [-0.2, 0) is 12.8 Å². The van der Waals surface area contributed by atoms with E-state index in [2.05, 4.69) is 40.2 Å². The molecule has 2 aromatic carbocycles. The fourth-order valence-electron chi connectivity index (χ4n) is 2.55. The predicted molar refractivity (Wildman–Crippen MR) is 80.4 cm³/mol. The quantitative estimate of drug-likeness (QED) is 0.938. The molecular formula is C16H16BrNO. The van der Waals surface area contributed by atoms with Gasteiger partial charge in [-0.3, -0.25) is 0 Å². The van der Waals surface area contributed by atoms with Crippen molar-refractivity contribution in [1.82, 2.24) is 0 Å². The lowest BCUT2D eigenvalue weighted by Crippen LogP contribution is -2.13. The van der Waals surface area contributed by atoms with Gasteiger partial charge in [-0.1, -0.05) is 46.3 Å². The molecule has 0 saturated carbocycles. The molecule has 1 aliphatic heterocycles. The molecule has 1 unspecified atom stereocenters. The Morgan fingerprint density at radius 1 is 1.21 bits per heavy atom. The molecule has 0 bridgehead atoms. The van der Waals surface area contributed by atoms with Crippen molar-refractivity contribution >= 4 is 15.9 Å². The summed E-state index contributed by atoms with van der Waals surface area (Å²) in [5.41, 5.74) is 9.94. The zero-order chi connectivity index (χ0) is 13.2. The van der Waals surface area contributed by atoms with Gasteiger partial charge in [0.25, 0.3) is 0 Å². The molecule has 0 spiro atoms. The van der Waals surface area contributed by atoms with E-state index in [1.54, 1.807) is 0 Å². The zero-order valence-electron chi connectivity index (χ0n) is 10.6. The zero-order valence-corrected chi connectivity index (χ0v) is 12.2. The number of rotatable bonds is 3. The lowest BCUT2D eigenvalue weighted by molar-refractivity contribution is 0.352. The summed E-state index contributed by atoms with van der Waals surface area (Å²) >= 11 is 3.57. The third-order valence-corrected chi connectivity index (χ3v) is 3.95. The van der Waals surface area contributed by atoms with Crippen molar-refractivity contribution in [3.63, 3.8) is 0 Å². The number of nitrogens with two attached hydrogens (primary N) is 1. The van der Waals surface area contributed by atoms with Gasteiger partial charge in [-0.05, 0) is 35.2 Å². The van der Waals surface area contributed by atoms with Crippen molar-refractivity contribution in [2.45, 2.75) is 18.9 Å². The maximum absolute atomic E-state index is 6.30. The van der Waals surface area contributed by atoms with Gasteiger partial charge >= 0.3 is 0 Å². The average Bonchev–Trinajstić information content (AvgIpc) is 2.88. The van der Waals surface area contributed by atoms with E-state index in [0.29, 0.717) is 0 Å². The topological polar surface area (TPSA) is 35.2 Å². The molecule has 1 atom stereocenters. The van der Waals surface area contributed by atoms with Crippen LogP contribution in [0.3, 0.4) is 0 Å². The first kappa shape index (κ1) is 12.7. The highest BCUT2D eigenvalue weighted by atomic mass is 79.9. The van der Waals surface area contributed by atoms with Gasteiger partial charge in [-0.25, -0.2) is 0 Å². The van der Waals surface area contributed by atoms with Crippen molar-refractivity contribution in [2.75, 3.05) is 6.61 Å². The Labute approximate surface area is 121 Å². The largest absolute Gasteiger partial charge is 0.493 e. The first-order valence-corrected chi connectivity index (χ1v) is 7.28. The molecule has 0 radical (unpaired) electrons. The second-order valence-corrected chi connectivity index (χ2v) is 5.79. The molecule has 0 aliphatic carbocycles. The second-order valence-electron chi connectivity index (χ2n) is 4.87. The van der Waals surface area contributed by atoms with Crippen LogP contribution in [0.15, 0.2) is 46.9 Å². The van der Waals surface area contributed by atoms with E-state index in [9.17, 15) is 0 Å². The summed E-state index contributed by atoms with van der Waals surface area (Å²) in [4.78, 5) is 0. The van der Waals surface area contributed by atoms with Gasteiger partial charge in [-0.2, -0.15) is 0 Å². The molecule has 19 heavy (non-hydrogen) atoms. The van der Waals surface area contributed by atoms with Crippen LogP contribution in [0.4, 0.5) is 0 Å². The molecule has 0 amide bonds. The third kappa shape index (κ3) is 2.67. The van der Waals surface area contributed by atoms with Crippen molar-refractivity contribution in [3.05, 3.63) is 63.6 Å². The second kappa shape index (κ2) is 5.35. The maximum Gasteiger partial charge on any atom is 0.125 e. The molecule has 0 aromatic heterocycles. The van der Waals surface area contributed by atoms with Crippen LogP contribution < -0.4 is 10.5 Å². The number of ether oxygens (including phenoxy) is 1. The number of halogens is 1. The van der Waals surface area contributed by atoms with Crippen molar-refractivity contribution in [1.29, 1.82) is 0 Å². The minimum absolute atomic E-state index is 0.00352. The minimum atomic E-state index is 0.00352. The van der Waals surface area contributed by atoms with E-state index in [4.69, 9.17) is 10.5 Å². The SMILES string of the molecule is NC(Cc1cc(Br)cc2c1OCC2)c1ccccc1. The van der Waals surface area contributed by atoms with Crippen molar-refractivity contribution < 1.29 is 4.74 Å². The summed E-state index contributed by atoms with van der Waals surface area (Å²) in [6.45, 7) is 0.777. The predicted octanol–water partition coefficient (Wildman–Crippen LogP) is 3.63. The molecule has 0 fully saturated rings. The van der Waals surface area contributed by atoms with Crippen molar-refractivity contribution in [2.24, 2.45) is 5.73 Å². The highest BCUT2D eigenvalue weighted by molar-refractivity contribution is 9.10.